The Morgan fingerprint density at radius 3 is 2.47 bits per heavy atom. The Hall–Kier alpha value is -0.150. The van der Waals surface area contributed by atoms with Crippen molar-refractivity contribution < 1.29 is 8.78 Å². The van der Waals surface area contributed by atoms with Crippen molar-refractivity contribution in [2.75, 3.05) is 0 Å². The first-order valence-corrected chi connectivity index (χ1v) is 5.93. The van der Waals surface area contributed by atoms with Crippen molar-refractivity contribution >= 4 is 27.5 Å². The van der Waals surface area contributed by atoms with Gasteiger partial charge in [0.15, 0.2) is 0 Å². The molecule has 0 aliphatic carbocycles. The largest absolute Gasteiger partial charge is 0.207 e. The highest BCUT2D eigenvalue weighted by Gasteiger charge is 2.17. The van der Waals surface area contributed by atoms with Gasteiger partial charge >= 0.3 is 0 Å². The second kappa shape index (κ2) is 5.26. The normalized spacial score (nSPS) is 15.1. The Morgan fingerprint density at radius 2 is 1.93 bits per heavy atom. The van der Waals surface area contributed by atoms with Crippen molar-refractivity contribution in [3.8, 4) is 0 Å². The molecule has 0 aliphatic rings. The standard InChI is InChI=1S/C11H12BrClF2/c1-6(7(2)13)5-8-10(14)4-3-9(12)11(8)15/h3-4,6-7H,5H2,1-2H3. The van der Waals surface area contributed by atoms with Gasteiger partial charge in [-0.05, 0) is 47.3 Å². The lowest BCUT2D eigenvalue weighted by molar-refractivity contribution is 0.499. The molecule has 0 aromatic heterocycles. The number of halogens is 4. The van der Waals surface area contributed by atoms with E-state index in [-0.39, 0.29) is 21.3 Å². The highest BCUT2D eigenvalue weighted by Crippen LogP contribution is 2.25. The Kier molecular flexibility index (Phi) is 4.53. The monoisotopic (exact) mass is 296 g/mol. The molecule has 0 heterocycles. The predicted octanol–water partition coefficient (Wildman–Crippen LogP) is 4.53. The number of benzene rings is 1. The van der Waals surface area contributed by atoms with Gasteiger partial charge in [0.1, 0.15) is 11.6 Å². The first-order chi connectivity index (χ1) is 6.93. The maximum absolute atomic E-state index is 13.6. The van der Waals surface area contributed by atoms with E-state index in [9.17, 15) is 8.78 Å². The number of hydrogen-bond donors (Lipinski definition) is 0. The number of hydrogen-bond acceptors (Lipinski definition) is 0. The average molecular weight is 298 g/mol. The number of alkyl halides is 1. The fourth-order valence-electron chi connectivity index (χ4n) is 1.24. The van der Waals surface area contributed by atoms with Crippen molar-refractivity contribution in [2.45, 2.75) is 25.6 Å². The van der Waals surface area contributed by atoms with Gasteiger partial charge < -0.3 is 0 Å². The molecule has 0 radical (unpaired) electrons. The van der Waals surface area contributed by atoms with Crippen LogP contribution in [0.1, 0.15) is 19.4 Å². The first kappa shape index (κ1) is 12.9. The maximum atomic E-state index is 13.6. The van der Waals surface area contributed by atoms with Crippen LogP contribution < -0.4 is 0 Å². The predicted molar refractivity (Wildman–Crippen MR) is 62.2 cm³/mol. The zero-order valence-corrected chi connectivity index (χ0v) is 10.9. The van der Waals surface area contributed by atoms with Crippen LogP contribution in [0, 0.1) is 17.6 Å². The molecular weight excluding hydrogens is 285 g/mol. The van der Waals surface area contributed by atoms with Crippen LogP contribution in [0.25, 0.3) is 0 Å². The Balaban J connectivity index is 2.98. The maximum Gasteiger partial charge on any atom is 0.143 e. The van der Waals surface area contributed by atoms with Gasteiger partial charge in [-0.2, -0.15) is 0 Å². The van der Waals surface area contributed by atoms with Gasteiger partial charge in [-0.15, -0.1) is 11.6 Å². The van der Waals surface area contributed by atoms with E-state index in [1.165, 1.54) is 12.1 Å². The molecule has 2 unspecified atom stereocenters. The Morgan fingerprint density at radius 1 is 1.33 bits per heavy atom. The summed E-state index contributed by atoms with van der Waals surface area (Å²) < 4.78 is 27.2. The van der Waals surface area contributed by atoms with Crippen LogP contribution in [-0.2, 0) is 6.42 Å². The fraction of sp³-hybridized carbons (Fsp3) is 0.455. The summed E-state index contributed by atoms with van der Waals surface area (Å²) in [5.41, 5.74) is 0.101. The molecule has 0 bridgehead atoms. The highest BCUT2D eigenvalue weighted by molar-refractivity contribution is 9.10. The van der Waals surface area contributed by atoms with E-state index in [0.29, 0.717) is 6.42 Å². The lowest BCUT2D eigenvalue weighted by Crippen LogP contribution is -2.12. The summed E-state index contributed by atoms with van der Waals surface area (Å²) >= 11 is 8.90. The number of rotatable bonds is 3. The SMILES string of the molecule is CC(Cl)C(C)Cc1c(F)ccc(Br)c1F. The molecule has 0 nitrogen and oxygen atoms in total. The summed E-state index contributed by atoms with van der Waals surface area (Å²) in [6.07, 6.45) is 0.307. The molecule has 0 spiro atoms. The third-order valence-electron chi connectivity index (χ3n) is 2.45. The molecule has 1 aromatic rings. The summed E-state index contributed by atoms with van der Waals surface area (Å²) in [5.74, 6) is -1.01. The molecule has 15 heavy (non-hydrogen) atoms. The van der Waals surface area contributed by atoms with Crippen LogP contribution >= 0.6 is 27.5 Å². The van der Waals surface area contributed by atoms with Gasteiger partial charge in [0.05, 0.1) is 4.47 Å². The minimum absolute atomic E-state index is 0.0324. The van der Waals surface area contributed by atoms with E-state index < -0.39 is 11.6 Å². The van der Waals surface area contributed by atoms with Gasteiger partial charge in [0.2, 0.25) is 0 Å². The summed E-state index contributed by atoms with van der Waals surface area (Å²) in [4.78, 5) is 0. The van der Waals surface area contributed by atoms with Crippen molar-refractivity contribution in [3.63, 3.8) is 0 Å². The van der Waals surface area contributed by atoms with Crippen molar-refractivity contribution in [2.24, 2.45) is 5.92 Å². The van der Waals surface area contributed by atoms with Crippen LogP contribution in [-0.4, -0.2) is 5.38 Å². The molecule has 0 fully saturated rings. The Bertz CT molecular complexity index is 353. The van der Waals surface area contributed by atoms with Gasteiger partial charge in [-0.3, -0.25) is 0 Å². The van der Waals surface area contributed by atoms with Crippen molar-refractivity contribution in [1.82, 2.24) is 0 Å². The van der Waals surface area contributed by atoms with Gasteiger partial charge in [-0.1, -0.05) is 6.92 Å². The molecule has 0 amide bonds. The zero-order chi connectivity index (χ0) is 11.6. The van der Waals surface area contributed by atoms with E-state index >= 15 is 0 Å². The average Bonchev–Trinajstić information content (AvgIpc) is 2.18. The Labute approximate surface area is 102 Å². The van der Waals surface area contributed by atoms with Crippen LogP contribution in [0.3, 0.4) is 0 Å². The van der Waals surface area contributed by atoms with E-state index in [1.807, 2.05) is 13.8 Å². The third-order valence-corrected chi connectivity index (χ3v) is 3.49. The lowest BCUT2D eigenvalue weighted by Gasteiger charge is -2.15. The van der Waals surface area contributed by atoms with E-state index in [4.69, 9.17) is 11.6 Å². The highest BCUT2D eigenvalue weighted by atomic mass is 79.9. The summed E-state index contributed by atoms with van der Waals surface area (Å²) in [5, 5.41) is -0.109. The fourth-order valence-corrected chi connectivity index (χ4v) is 1.70. The minimum Gasteiger partial charge on any atom is -0.207 e. The quantitative estimate of drug-likeness (QED) is 0.568. The molecule has 0 saturated heterocycles. The summed E-state index contributed by atoms with van der Waals surface area (Å²) in [7, 11) is 0. The zero-order valence-electron chi connectivity index (χ0n) is 8.53. The molecule has 84 valence electrons. The second-order valence-electron chi connectivity index (χ2n) is 3.68. The lowest BCUT2D eigenvalue weighted by atomic mass is 9.98. The summed E-state index contributed by atoms with van der Waals surface area (Å²) in [6.45, 7) is 3.69. The van der Waals surface area contributed by atoms with Crippen LogP contribution in [0.4, 0.5) is 8.78 Å². The van der Waals surface area contributed by atoms with Gasteiger partial charge in [0.25, 0.3) is 0 Å². The van der Waals surface area contributed by atoms with Crippen LogP contribution in [0.5, 0.6) is 0 Å². The summed E-state index contributed by atoms with van der Waals surface area (Å²) in [6, 6.07) is 2.62. The minimum atomic E-state index is -0.529. The molecule has 1 aromatic carbocycles. The molecule has 4 heteroatoms. The third kappa shape index (κ3) is 3.15. The topological polar surface area (TPSA) is 0 Å². The van der Waals surface area contributed by atoms with Crippen LogP contribution in [0.15, 0.2) is 16.6 Å². The first-order valence-electron chi connectivity index (χ1n) is 4.70. The second-order valence-corrected chi connectivity index (χ2v) is 5.22. The van der Waals surface area contributed by atoms with Crippen molar-refractivity contribution in [1.29, 1.82) is 0 Å². The molecule has 1 rings (SSSR count). The molecule has 0 saturated carbocycles. The molecular formula is C11H12BrClF2. The van der Waals surface area contributed by atoms with Crippen molar-refractivity contribution in [3.05, 3.63) is 33.8 Å². The van der Waals surface area contributed by atoms with E-state index in [2.05, 4.69) is 15.9 Å². The van der Waals surface area contributed by atoms with Gasteiger partial charge in [-0.25, -0.2) is 8.78 Å². The van der Waals surface area contributed by atoms with E-state index in [1.54, 1.807) is 0 Å². The smallest absolute Gasteiger partial charge is 0.143 e. The van der Waals surface area contributed by atoms with Gasteiger partial charge in [0, 0.05) is 10.9 Å². The molecule has 2 atom stereocenters. The molecule has 0 aliphatic heterocycles. The molecule has 0 N–H and O–H groups in total. The van der Waals surface area contributed by atoms with Crippen LogP contribution in [0.2, 0.25) is 0 Å². The van der Waals surface area contributed by atoms with E-state index in [0.717, 1.165) is 0 Å².